The number of hydrogen-bond donors (Lipinski definition) is 0. The first-order valence-corrected chi connectivity index (χ1v) is 4.85. The van der Waals surface area contributed by atoms with Gasteiger partial charge in [-0.05, 0) is 18.8 Å². The molecule has 0 unspecified atom stereocenters. The van der Waals surface area contributed by atoms with Crippen molar-refractivity contribution < 1.29 is 0 Å². The lowest BCUT2D eigenvalue weighted by atomic mass is 9.95. The van der Waals surface area contributed by atoms with Crippen molar-refractivity contribution in [1.29, 1.82) is 0 Å². The second kappa shape index (κ2) is 3.61. The standard InChI is InChI=1S/C11H21N/c1-10-6-5-7-12(8-10)9-11(2,3)4/h6H,5,7-9H2,1-4H3. The van der Waals surface area contributed by atoms with Crippen molar-refractivity contribution >= 4 is 0 Å². The van der Waals surface area contributed by atoms with Gasteiger partial charge in [0.25, 0.3) is 0 Å². The van der Waals surface area contributed by atoms with Gasteiger partial charge in [0.1, 0.15) is 0 Å². The van der Waals surface area contributed by atoms with E-state index in [1.165, 1.54) is 31.6 Å². The molecule has 1 heterocycles. The van der Waals surface area contributed by atoms with Crippen LogP contribution < -0.4 is 0 Å². The highest BCUT2D eigenvalue weighted by molar-refractivity contribution is 5.04. The number of nitrogens with zero attached hydrogens (tertiary/aromatic N) is 1. The third kappa shape index (κ3) is 3.40. The van der Waals surface area contributed by atoms with Crippen LogP contribution in [0.1, 0.15) is 34.1 Å². The van der Waals surface area contributed by atoms with E-state index < -0.39 is 0 Å². The predicted molar refractivity (Wildman–Crippen MR) is 54.3 cm³/mol. The second-order valence-electron chi connectivity index (χ2n) is 5.11. The van der Waals surface area contributed by atoms with Gasteiger partial charge in [-0.15, -0.1) is 0 Å². The number of hydrogen-bond acceptors (Lipinski definition) is 1. The minimum absolute atomic E-state index is 0.442. The third-order valence-electron chi connectivity index (χ3n) is 2.11. The van der Waals surface area contributed by atoms with Crippen molar-refractivity contribution in [1.82, 2.24) is 4.90 Å². The summed E-state index contributed by atoms with van der Waals surface area (Å²) >= 11 is 0. The van der Waals surface area contributed by atoms with Crippen LogP contribution in [0.3, 0.4) is 0 Å². The van der Waals surface area contributed by atoms with Crippen molar-refractivity contribution in [3.05, 3.63) is 11.6 Å². The van der Waals surface area contributed by atoms with E-state index in [1.807, 2.05) is 0 Å². The first-order valence-electron chi connectivity index (χ1n) is 4.85. The summed E-state index contributed by atoms with van der Waals surface area (Å²) in [7, 11) is 0. The van der Waals surface area contributed by atoms with E-state index >= 15 is 0 Å². The van der Waals surface area contributed by atoms with Gasteiger partial charge in [0, 0.05) is 19.6 Å². The SMILES string of the molecule is CC1=CCCN(CC(C)(C)C)C1. The summed E-state index contributed by atoms with van der Waals surface area (Å²) in [5.41, 5.74) is 1.97. The molecule has 0 radical (unpaired) electrons. The Morgan fingerprint density at radius 3 is 2.58 bits per heavy atom. The van der Waals surface area contributed by atoms with Crippen molar-refractivity contribution in [3.8, 4) is 0 Å². The van der Waals surface area contributed by atoms with Crippen LogP contribution in [-0.2, 0) is 0 Å². The zero-order valence-corrected chi connectivity index (χ0v) is 8.85. The first-order chi connectivity index (χ1) is 5.47. The lowest BCUT2D eigenvalue weighted by molar-refractivity contribution is 0.201. The van der Waals surface area contributed by atoms with E-state index in [-0.39, 0.29) is 0 Å². The van der Waals surface area contributed by atoms with E-state index in [1.54, 1.807) is 0 Å². The molecule has 1 aliphatic heterocycles. The first kappa shape index (κ1) is 9.79. The van der Waals surface area contributed by atoms with Gasteiger partial charge in [-0.1, -0.05) is 32.4 Å². The van der Waals surface area contributed by atoms with Gasteiger partial charge in [0.15, 0.2) is 0 Å². The Morgan fingerprint density at radius 2 is 2.08 bits per heavy atom. The molecule has 0 aliphatic carbocycles. The highest BCUT2D eigenvalue weighted by atomic mass is 15.1. The molecular weight excluding hydrogens is 146 g/mol. The van der Waals surface area contributed by atoms with E-state index in [2.05, 4.69) is 38.7 Å². The van der Waals surface area contributed by atoms with Crippen LogP contribution in [0.25, 0.3) is 0 Å². The van der Waals surface area contributed by atoms with Crippen molar-refractivity contribution in [2.45, 2.75) is 34.1 Å². The highest BCUT2D eigenvalue weighted by Crippen LogP contribution is 2.18. The summed E-state index contributed by atoms with van der Waals surface area (Å²) in [6, 6.07) is 0. The fraction of sp³-hybridized carbons (Fsp3) is 0.818. The Bertz CT molecular complexity index is 174. The Morgan fingerprint density at radius 1 is 1.42 bits per heavy atom. The summed E-state index contributed by atoms with van der Waals surface area (Å²) in [5.74, 6) is 0. The molecule has 0 bridgehead atoms. The Balaban J connectivity index is 2.40. The quantitative estimate of drug-likeness (QED) is 0.543. The molecule has 1 heteroatoms. The maximum atomic E-state index is 2.55. The van der Waals surface area contributed by atoms with Gasteiger partial charge in [0.2, 0.25) is 0 Å². The molecule has 0 N–H and O–H groups in total. The van der Waals surface area contributed by atoms with E-state index in [4.69, 9.17) is 0 Å². The van der Waals surface area contributed by atoms with Crippen molar-refractivity contribution in [2.24, 2.45) is 5.41 Å². The Hall–Kier alpha value is -0.300. The largest absolute Gasteiger partial charge is 0.299 e. The molecule has 12 heavy (non-hydrogen) atoms. The van der Waals surface area contributed by atoms with Gasteiger partial charge in [0.05, 0.1) is 0 Å². The average Bonchev–Trinajstić information content (AvgIpc) is 1.82. The van der Waals surface area contributed by atoms with Crippen LogP contribution in [0.15, 0.2) is 11.6 Å². The van der Waals surface area contributed by atoms with E-state index in [0.717, 1.165) is 0 Å². The molecule has 0 aromatic rings. The zero-order chi connectivity index (χ0) is 9.19. The molecule has 0 amide bonds. The van der Waals surface area contributed by atoms with Crippen LogP contribution in [0.2, 0.25) is 0 Å². The van der Waals surface area contributed by atoms with Crippen molar-refractivity contribution in [3.63, 3.8) is 0 Å². The van der Waals surface area contributed by atoms with E-state index in [9.17, 15) is 0 Å². The predicted octanol–water partition coefficient (Wildman–Crippen LogP) is 2.68. The molecule has 70 valence electrons. The molecule has 0 fully saturated rings. The molecule has 0 atom stereocenters. The van der Waals surface area contributed by atoms with Gasteiger partial charge < -0.3 is 0 Å². The van der Waals surface area contributed by atoms with Crippen LogP contribution in [0, 0.1) is 5.41 Å². The van der Waals surface area contributed by atoms with Gasteiger partial charge in [-0.25, -0.2) is 0 Å². The molecule has 1 nitrogen and oxygen atoms in total. The Labute approximate surface area is 76.5 Å². The van der Waals surface area contributed by atoms with Gasteiger partial charge in [-0.3, -0.25) is 4.90 Å². The minimum atomic E-state index is 0.442. The summed E-state index contributed by atoms with van der Waals surface area (Å²) in [6.45, 7) is 12.8. The van der Waals surface area contributed by atoms with Crippen LogP contribution in [0.4, 0.5) is 0 Å². The lowest BCUT2D eigenvalue weighted by Gasteiger charge is -2.32. The molecule has 0 spiro atoms. The summed E-state index contributed by atoms with van der Waals surface area (Å²) < 4.78 is 0. The number of rotatable bonds is 1. The zero-order valence-electron chi connectivity index (χ0n) is 8.85. The van der Waals surface area contributed by atoms with Crippen LogP contribution >= 0.6 is 0 Å². The molecule has 0 saturated carbocycles. The second-order valence-corrected chi connectivity index (χ2v) is 5.11. The average molecular weight is 167 g/mol. The maximum absolute atomic E-state index is 2.55. The molecule has 1 rings (SSSR count). The maximum Gasteiger partial charge on any atom is 0.0190 e. The highest BCUT2D eigenvalue weighted by Gasteiger charge is 2.17. The minimum Gasteiger partial charge on any atom is -0.299 e. The molecule has 0 saturated heterocycles. The van der Waals surface area contributed by atoms with Crippen LogP contribution in [0.5, 0.6) is 0 Å². The molecule has 0 aromatic carbocycles. The monoisotopic (exact) mass is 167 g/mol. The smallest absolute Gasteiger partial charge is 0.0190 e. The molecule has 1 aliphatic rings. The molecule has 0 aromatic heterocycles. The lowest BCUT2D eigenvalue weighted by Crippen LogP contribution is -2.36. The summed E-state index contributed by atoms with van der Waals surface area (Å²) in [4.78, 5) is 2.55. The third-order valence-corrected chi connectivity index (χ3v) is 2.11. The Kier molecular flexibility index (Phi) is 2.94. The summed E-state index contributed by atoms with van der Waals surface area (Å²) in [6.07, 6.45) is 3.60. The fourth-order valence-corrected chi connectivity index (χ4v) is 1.80. The topological polar surface area (TPSA) is 3.24 Å². The fourth-order valence-electron chi connectivity index (χ4n) is 1.80. The normalized spacial score (nSPS) is 20.8. The summed E-state index contributed by atoms with van der Waals surface area (Å²) in [5, 5.41) is 0. The van der Waals surface area contributed by atoms with Gasteiger partial charge >= 0.3 is 0 Å². The molecular formula is C11H21N. The van der Waals surface area contributed by atoms with E-state index in [0.29, 0.717) is 5.41 Å². The van der Waals surface area contributed by atoms with Gasteiger partial charge in [-0.2, -0.15) is 0 Å². The van der Waals surface area contributed by atoms with Crippen LogP contribution in [-0.4, -0.2) is 24.5 Å². The van der Waals surface area contributed by atoms with Crippen molar-refractivity contribution in [2.75, 3.05) is 19.6 Å².